The fourth-order valence-corrected chi connectivity index (χ4v) is 2.43. The van der Waals surface area contributed by atoms with Crippen molar-refractivity contribution in [3.63, 3.8) is 0 Å². The van der Waals surface area contributed by atoms with Crippen LogP contribution >= 0.6 is 0 Å². The molecule has 1 amide bonds. The fourth-order valence-electron chi connectivity index (χ4n) is 1.91. The van der Waals surface area contributed by atoms with E-state index in [9.17, 15) is 13.2 Å². The van der Waals surface area contributed by atoms with E-state index in [4.69, 9.17) is 10.5 Å². The highest BCUT2D eigenvalue weighted by atomic mass is 32.2. The molecule has 1 aromatic rings. The molecule has 1 heterocycles. The molecule has 1 unspecified atom stereocenters. The third-order valence-electron chi connectivity index (χ3n) is 2.88. The van der Waals surface area contributed by atoms with Crippen LogP contribution in [-0.4, -0.2) is 39.0 Å². The maximum absolute atomic E-state index is 12.1. The fraction of sp³-hybridized carbons (Fsp3) is 0.417. The molecule has 2 N–H and O–H groups in total. The number of ether oxygens (including phenoxy) is 1. The van der Waals surface area contributed by atoms with E-state index in [0.717, 1.165) is 6.26 Å². The molecule has 0 saturated carbocycles. The Labute approximate surface area is 112 Å². The second-order valence-corrected chi connectivity index (χ2v) is 6.87. The molecule has 0 bridgehead atoms. The van der Waals surface area contributed by atoms with Crippen molar-refractivity contribution < 1.29 is 17.9 Å². The number of fused-ring (bicyclic) bond motifs is 1. The van der Waals surface area contributed by atoms with Gasteiger partial charge in [-0.3, -0.25) is 4.79 Å². The predicted octanol–water partition coefficient (Wildman–Crippen LogP) is 0.427. The predicted molar refractivity (Wildman–Crippen MR) is 73.0 cm³/mol. The van der Waals surface area contributed by atoms with Crippen LogP contribution in [0.1, 0.15) is 6.92 Å². The molecule has 0 aliphatic carbocycles. The molecule has 1 aliphatic rings. The van der Waals surface area contributed by atoms with E-state index in [2.05, 4.69) is 0 Å². The van der Waals surface area contributed by atoms with Crippen LogP contribution in [-0.2, 0) is 14.6 Å². The average Bonchev–Trinajstić information content (AvgIpc) is 2.28. The zero-order valence-corrected chi connectivity index (χ0v) is 11.6. The first kappa shape index (κ1) is 13.7. The van der Waals surface area contributed by atoms with Crippen LogP contribution in [0.2, 0.25) is 0 Å². The van der Waals surface area contributed by atoms with Gasteiger partial charge in [0, 0.05) is 24.6 Å². The monoisotopic (exact) mass is 284 g/mol. The van der Waals surface area contributed by atoms with Gasteiger partial charge in [0.1, 0.15) is 15.6 Å². The maximum Gasteiger partial charge on any atom is 0.267 e. The second-order valence-electron chi connectivity index (χ2n) is 4.61. The van der Waals surface area contributed by atoms with Crippen LogP contribution in [0.25, 0.3) is 0 Å². The second kappa shape index (κ2) is 4.73. The van der Waals surface area contributed by atoms with Gasteiger partial charge in [-0.15, -0.1) is 0 Å². The van der Waals surface area contributed by atoms with Crippen molar-refractivity contribution in [2.45, 2.75) is 13.0 Å². The quantitative estimate of drug-likeness (QED) is 0.813. The summed E-state index contributed by atoms with van der Waals surface area (Å²) in [6.45, 7) is 1.74. The highest BCUT2D eigenvalue weighted by molar-refractivity contribution is 7.90. The van der Waals surface area contributed by atoms with E-state index >= 15 is 0 Å². The SMILES string of the molecule is CC1Oc2cc(N)ccc2N(CCS(C)(=O)=O)C1=O. The number of nitrogen functional groups attached to an aromatic ring is 1. The Hall–Kier alpha value is -1.76. The molecule has 19 heavy (non-hydrogen) atoms. The minimum atomic E-state index is -3.13. The smallest absolute Gasteiger partial charge is 0.267 e. The van der Waals surface area contributed by atoms with Gasteiger partial charge in [0.25, 0.3) is 5.91 Å². The van der Waals surface area contributed by atoms with Crippen molar-refractivity contribution in [2.75, 3.05) is 29.2 Å². The van der Waals surface area contributed by atoms with Gasteiger partial charge in [-0.1, -0.05) is 0 Å². The summed E-state index contributed by atoms with van der Waals surface area (Å²) in [5, 5.41) is 0. The van der Waals surface area contributed by atoms with E-state index < -0.39 is 15.9 Å². The van der Waals surface area contributed by atoms with Crippen LogP contribution in [0, 0.1) is 0 Å². The highest BCUT2D eigenvalue weighted by Gasteiger charge is 2.31. The number of carbonyl (C=O) groups is 1. The third-order valence-corrected chi connectivity index (χ3v) is 3.80. The van der Waals surface area contributed by atoms with E-state index in [1.54, 1.807) is 25.1 Å². The molecule has 2 rings (SSSR count). The number of anilines is 2. The Kier molecular flexibility index (Phi) is 3.40. The summed E-state index contributed by atoms with van der Waals surface area (Å²) < 4.78 is 27.9. The standard InChI is InChI=1S/C12H16N2O4S/c1-8-12(15)14(5-6-19(2,16)17)10-4-3-9(13)7-11(10)18-8/h3-4,7-8H,5-6,13H2,1-2H3. The van der Waals surface area contributed by atoms with E-state index in [-0.39, 0.29) is 18.2 Å². The summed E-state index contributed by atoms with van der Waals surface area (Å²) in [6.07, 6.45) is 0.500. The average molecular weight is 284 g/mol. The van der Waals surface area contributed by atoms with Crippen molar-refractivity contribution in [1.29, 1.82) is 0 Å². The third kappa shape index (κ3) is 2.98. The van der Waals surface area contributed by atoms with Gasteiger partial charge in [-0.05, 0) is 19.1 Å². The van der Waals surface area contributed by atoms with Gasteiger partial charge in [0.2, 0.25) is 0 Å². The Morgan fingerprint density at radius 2 is 2.11 bits per heavy atom. The number of benzene rings is 1. The lowest BCUT2D eigenvalue weighted by Crippen LogP contribution is -2.46. The Morgan fingerprint density at radius 3 is 2.74 bits per heavy atom. The summed E-state index contributed by atoms with van der Waals surface area (Å²) in [7, 11) is -3.13. The molecular weight excluding hydrogens is 268 g/mol. The van der Waals surface area contributed by atoms with E-state index in [1.807, 2.05) is 0 Å². The molecule has 1 atom stereocenters. The van der Waals surface area contributed by atoms with Crippen molar-refractivity contribution >= 4 is 27.1 Å². The first-order valence-corrected chi connectivity index (χ1v) is 7.89. The van der Waals surface area contributed by atoms with Crippen LogP contribution in [0.4, 0.5) is 11.4 Å². The zero-order valence-electron chi connectivity index (χ0n) is 10.8. The van der Waals surface area contributed by atoms with Crippen LogP contribution in [0.3, 0.4) is 0 Å². The lowest BCUT2D eigenvalue weighted by molar-refractivity contribution is -0.125. The Balaban J connectivity index is 2.34. The van der Waals surface area contributed by atoms with Gasteiger partial charge < -0.3 is 15.4 Å². The summed E-state index contributed by atoms with van der Waals surface area (Å²) >= 11 is 0. The van der Waals surface area contributed by atoms with E-state index in [0.29, 0.717) is 17.1 Å². The van der Waals surface area contributed by atoms with Crippen LogP contribution < -0.4 is 15.4 Å². The number of nitrogens with two attached hydrogens (primary N) is 1. The molecule has 7 heteroatoms. The maximum atomic E-state index is 12.1. The summed E-state index contributed by atoms with van der Waals surface area (Å²) in [4.78, 5) is 13.5. The molecule has 0 fully saturated rings. The van der Waals surface area contributed by atoms with Crippen LogP contribution in [0.5, 0.6) is 5.75 Å². The molecule has 0 spiro atoms. The van der Waals surface area contributed by atoms with Crippen molar-refractivity contribution in [1.82, 2.24) is 0 Å². The lowest BCUT2D eigenvalue weighted by Gasteiger charge is -2.33. The summed E-state index contributed by atoms with van der Waals surface area (Å²) in [6, 6.07) is 4.95. The Bertz CT molecular complexity index is 612. The number of hydrogen-bond acceptors (Lipinski definition) is 5. The molecule has 0 aromatic heterocycles. The van der Waals surface area contributed by atoms with Gasteiger partial charge >= 0.3 is 0 Å². The lowest BCUT2D eigenvalue weighted by atomic mass is 10.1. The molecule has 104 valence electrons. The Morgan fingerprint density at radius 1 is 1.42 bits per heavy atom. The molecule has 6 nitrogen and oxygen atoms in total. The first-order chi connectivity index (χ1) is 8.78. The molecule has 0 saturated heterocycles. The zero-order chi connectivity index (χ0) is 14.2. The van der Waals surface area contributed by atoms with Gasteiger partial charge in [0.15, 0.2) is 6.10 Å². The molecule has 1 aromatic carbocycles. The topological polar surface area (TPSA) is 89.7 Å². The molecule has 0 radical (unpaired) electrons. The highest BCUT2D eigenvalue weighted by Crippen LogP contribution is 2.35. The number of rotatable bonds is 3. The molecule has 1 aliphatic heterocycles. The van der Waals surface area contributed by atoms with Gasteiger partial charge in [-0.25, -0.2) is 8.42 Å². The van der Waals surface area contributed by atoms with Gasteiger partial charge in [0.05, 0.1) is 11.4 Å². The normalized spacial score (nSPS) is 18.9. The minimum absolute atomic E-state index is 0.0880. The van der Waals surface area contributed by atoms with E-state index in [1.165, 1.54) is 4.90 Å². The number of nitrogens with zero attached hydrogens (tertiary/aromatic N) is 1. The van der Waals surface area contributed by atoms with Crippen molar-refractivity contribution in [2.24, 2.45) is 0 Å². The van der Waals surface area contributed by atoms with Crippen molar-refractivity contribution in [3.8, 4) is 5.75 Å². The summed E-state index contributed by atoms with van der Waals surface area (Å²) in [5.41, 5.74) is 6.76. The van der Waals surface area contributed by atoms with Crippen molar-refractivity contribution in [3.05, 3.63) is 18.2 Å². The van der Waals surface area contributed by atoms with Gasteiger partial charge in [-0.2, -0.15) is 0 Å². The van der Waals surface area contributed by atoms with Crippen LogP contribution in [0.15, 0.2) is 18.2 Å². The first-order valence-electron chi connectivity index (χ1n) is 5.83. The number of sulfone groups is 1. The molecular formula is C12H16N2O4S. The number of hydrogen-bond donors (Lipinski definition) is 1. The summed E-state index contributed by atoms with van der Waals surface area (Å²) in [5.74, 6) is 0.163. The largest absolute Gasteiger partial charge is 0.479 e. The number of carbonyl (C=O) groups excluding carboxylic acids is 1. The number of amides is 1. The minimum Gasteiger partial charge on any atom is -0.479 e.